The van der Waals surface area contributed by atoms with Gasteiger partial charge < -0.3 is 9.73 Å². The van der Waals surface area contributed by atoms with E-state index in [2.05, 4.69) is 15.3 Å². The molecule has 1 N–H and O–H groups in total. The summed E-state index contributed by atoms with van der Waals surface area (Å²) in [5, 5.41) is 3.65. The molecule has 0 saturated heterocycles. The first-order valence-electron chi connectivity index (χ1n) is 10.9. The van der Waals surface area contributed by atoms with Gasteiger partial charge in [0.05, 0.1) is 5.75 Å². The molecule has 3 aromatic rings. The van der Waals surface area contributed by atoms with Crippen molar-refractivity contribution >= 4 is 38.4 Å². The van der Waals surface area contributed by atoms with Crippen molar-refractivity contribution in [3.05, 3.63) is 53.0 Å². The molecule has 2 aliphatic rings. The quantitative estimate of drug-likeness (QED) is 0.564. The van der Waals surface area contributed by atoms with E-state index in [0.717, 1.165) is 49.6 Å². The fourth-order valence-electron chi connectivity index (χ4n) is 4.25. The largest absolute Gasteiger partial charge is 0.440 e. The van der Waals surface area contributed by atoms with Crippen molar-refractivity contribution < 1.29 is 17.6 Å². The van der Waals surface area contributed by atoms with Crippen LogP contribution in [0.25, 0.3) is 11.1 Å². The molecular weight excluding hydrogens is 450 g/mol. The zero-order valence-corrected chi connectivity index (χ0v) is 19.0. The number of carbonyl (C=O) groups excluding carboxylic acids is 1. The van der Waals surface area contributed by atoms with Crippen LogP contribution in [0.5, 0.6) is 0 Å². The molecule has 2 saturated carbocycles. The van der Waals surface area contributed by atoms with Crippen LogP contribution < -0.4 is 5.32 Å². The van der Waals surface area contributed by atoms with Gasteiger partial charge in [-0.15, -0.1) is 0 Å². The fourth-order valence-corrected chi connectivity index (χ4v) is 6.07. The number of amides is 1. The summed E-state index contributed by atoms with van der Waals surface area (Å²) in [6.07, 6.45) is 6.58. The van der Waals surface area contributed by atoms with Gasteiger partial charge >= 0.3 is 0 Å². The minimum absolute atomic E-state index is 0.0168. The lowest BCUT2D eigenvalue weighted by Gasteiger charge is -2.27. The summed E-state index contributed by atoms with van der Waals surface area (Å²) < 4.78 is 30.9. The summed E-state index contributed by atoms with van der Waals surface area (Å²) in [7, 11) is -3.45. The molecule has 0 unspecified atom stereocenters. The van der Waals surface area contributed by atoms with Crippen LogP contribution in [0.2, 0.25) is 5.02 Å². The molecule has 1 aromatic carbocycles. The highest BCUT2D eigenvalue weighted by molar-refractivity contribution is 7.91. The number of aromatic nitrogens is 2. The van der Waals surface area contributed by atoms with Gasteiger partial charge in [-0.05, 0) is 74.8 Å². The van der Waals surface area contributed by atoms with Crippen LogP contribution in [-0.4, -0.2) is 36.1 Å². The lowest BCUT2D eigenvalue weighted by molar-refractivity contribution is 0.0924. The number of hydrogen-bond donors (Lipinski definition) is 1. The molecule has 0 atom stereocenters. The molecule has 7 nitrogen and oxygen atoms in total. The maximum atomic E-state index is 12.8. The van der Waals surface area contributed by atoms with E-state index < -0.39 is 9.84 Å². The Balaban J connectivity index is 1.20. The van der Waals surface area contributed by atoms with E-state index in [-0.39, 0.29) is 34.6 Å². The van der Waals surface area contributed by atoms with E-state index in [1.54, 1.807) is 18.2 Å². The minimum Gasteiger partial charge on any atom is -0.440 e. The number of benzene rings is 1. The van der Waals surface area contributed by atoms with Crippen molar-refractivity contribution in [1.82, 2.24) is 15.3 Å². The number of halogens is 1. The molecule has 168 valence electrons. The molecule has 1 amide bonds. The average Bonchev–Trinajstić information content (AvgIpc) is 3.48. The van der Waals surface area contributed by atoms with E-state index in [0.29, 0.717) is 16.5 Å². The zero-order valence-electron chi connectivity index (χ0n) is 17.5. The van der Waals surface area contributed by atoms with Crippen molar-refractivity contribution in [3.8, 4) is 0 Å². The number of nitrogens with zero attached hydrogens (tertiary/aromatic N) is 2. The van der Waals surface area contributed by atoms with E-state index >= 15 is 0 Å². The molecule has 0 bridgehead atoms. The number of rotatable bonds is 6. The topological polar surface area (TPSA) is 102 Å². The second-order valence-corrected chi connectivity index (χ2v) is 11.2. The maximum Gasteiger partial charge on any atom is 0.251 e. The third-order valence-electron chi connectivity index (χ3n) is 6.25. The number of fused-ring (bicyclic) bond motifs is 1. The van der Waals surface area contributed by atoms with Crippen LogP contribution in [0.4, 0.5) is 0 Å². The maximum absolute atomic E-state index is 12.8. The molecule has 9 heteroatoms. The average molecular weight is 474 g/mol. The van der Waals surface area contributed by atoms with Gasteiger partial charge in [0.25, 0.3) is 5.91 Å². The Morgan fingerprint density at radius 2 is 1.88 bits per heavy atom. The second-order valence-electron chi connectivity index (χ2n) is 8.79. The van der Waals surface area contributed by atoms with Crippen LogP contribution >= 0.6 is 11.6 Å². The molecule has 2 aromatic heterocycles. The first-order chi connectivity index (χ1) is 15.4. The summed E-state index contributed by atoms with van der Waals surface area (Å²) in [6.45, 7) is 0. The van der Waals surface area contributed by atoms with Crippen LogP contribution in [0.15, 0.2) is 46.0 Å². The van der Waals surface area contributed by atoms with Crippen molar-refractivity contribution in [2.45, 2.75) is 55.5 Å². The number of pyridine rings is 1. The third kappa shape index (κ3) is 4.66. The van der Waals surface area contributed by atoms with E-state index in [4.69, 9.17) is 16.0 Å². The smallest absolute Gasteiger partial charge is 0.251 e. The Morgan fingerprint density at radius 3 is 2.62 bits per heavy atom. The lowest BCUT2D eigenvalue weighted by Crippen LogP contribution is -2.37. The van der Waals surface area contributed by atoms with E-state index in [9.17, 15) is 13.2 Å². The van der Waals surface area contributed by atoms with Gasteiger partial charge in [-0.2, -0.15) is 0 Å². The highest BCUT2D eigenvalue weighted by Gasteiger charge is 2.31. The highest BCUT2D eigenvalue weighted by atomic mass is 35.5. The summed E-state index contributed by atoms with van der Waals surface area (Å²) in [6, 6.07) is 8.38. The van der Waals surface area contributed by atoms with Crippen molar-refractivity contribution in [2.24, 2.45) is 5.92 Å². The van der Waals surface area contributed by atoms with Gasteiger partial charge in [0.15, 0.2) is 26.3 Å². The molecule has 0 aliphatic heterocycles. The summed E-state index contributed by atoms with van der Waals surface area (Å²) >= 11 is 6.03. The minimum atomic E-state index is -3.45. The third-order valence-corrected chi connectivity index (χ3v) is 8.25. The molecule has 2 fully saturated rings. The van der Waals surface area contributed by atoms with Crippen LogP contribution in [0.1, 0.15) is 60.7 Å². The molecule has 0 radical (unpaired) electrons. The normalized spacial score (nSPS) is 21.5. The SMILES string of the molecule is O=C(NC1CCC(c2nc3cc(Cl)ccc3o2)CC1)c1ccnc(S(=O)(=O)CC2CC2)c1. The first kappa shape index (κ1) is 21.4. The first-order valence-corrected chi connectivity index (χ1v) is 13.0. The van der Waals surface area contributed by atoms with Crippen molar-refractivity contribution in [2.75, 3.05) is 5.75 Å². The van der Waals surface area contributed by atoms with Gasteiger partial charge in [-0.1, -0.05) is 11.6 Å². The summed E-state index contributed by atoms with van der Waals surface area (Å²) in [5.74, 6) is 0.987. The van der Waals surface area contributed by atoms with E-state index in [1.165, 1.54) is 12.3 Å². The lowest BCUT2D eigenvalue weighted by atomic mass is 9.86. The molecule has 2 heterocycles. The Bertz CT molecular complexity index is 1260. The number of nitrogens with one attached hydrogen (secondary N) is 1. The number of oxazole rings is 1. The van der Waals surface area contributed by atoms with Gasteiger partial charge in [0.1, 0.15) is 5.52 Å². The fraction of sp³-hybridized carbons (Fsp3) is 0.435. The van der Waals surface area contributed by atoms with Gasteiger partial charge in [0.2, 0.25) is 0 Å². The summed E-state index contributed by atoms with van der Waals surface area (Å²) in [5.41, 5.74) is 1.81. The number of hydrogen-bond acceptors (Lipinski definition) is 6. The molecule has 0 spiro atoms. The van der Waals surface area contributed by atoms with Gasteiger partial charge in [0, 0.05) is 28.7 Å². The Labute approximate surface area is 191 Å². The molecule has 2 aliphatic carbocycles. The Morgan fingerprint density at radius 1 is 1.09 bits per heavy atom. The highest BCUT2D eigenvalue weighted by Crippen LogP contribution is 2.35. The van der Waals surface area contributed by atoms with Gasteiger partial charge in [-0.3, -0.25) is 4.79 Å². The van der Waals surface area contributed by atoms with Crippen molar-refractivity contribution in [3.63, 3.8) is 0 Å². The standard InChI is InChI=1S/C23H24ClN3O4S/c24-17-5-8-20-19(12-17)27-23(31-20)15-3-6-18(7-4-15)26-22(28)16-9-10-25-21(11-16)32(29,30)13-14-1-2-14/h5,8-12,14-15,18H,1-4,6-7,13H2,(H,26,28). The Kier molecular flexibility index (Phi) is 5.67. The Hall–Kier alpha value is -2.45. The van der Waals surface area contributed by atoms with Crippen LogP contribution in [0.3, 0.4) is 0 Å². The molecule has 32 heavy (non-hydrogen) atoms. The van der Waals surface area contributed by atoms with Crippen LogP contribution in [0, 0.1) is 5.92 Å². The van der Waals surface area contributed by atoms with Crippen molar-refractivity contribution in [1.29, 1.82) is 0 Å². The molecule has 5 rings (SSSR count). The number of carbonyl (C=O) groups is 1. The van der Waals surface area contributed by atoms with Gasteiger partial charge in [-0.25, -0.2) is 18.4 Å². The predicted molar refractivity (Wildman–Crippen MR) is 120 cm³/mol. The van der Waals surface area contributed by atoms with E-state index in [1.807, 2.05) is 6.07 Å². The second kappa shape index (κ2) is 8.48. The monoisotopic (exact) mass is 473 g/mol. The zero-order chi connectivity index (χ0) is 22.3. The van der Waals surface area contributed by atoms with Crippen LogP contribution in [-0.2, 0) is 9.84 Å². The summed E-state index contributed by atoms with van der Waals surface area (Å²) in [4.78, 5) is 21.3. The number of sulfone groups is 1. The predicted octanol–water partition coefficient (Wildman–Crippen LogP) is 4.52. The molecular formula is C23H24ClN3O4S.